The number of esters is 1. The van der Waals surface area contributed by atoms with Crippen LogP contribution in [0.5, 0.6) is 5.75 Å². The standard InChI is InChI=1S/C21H17ClO5/c1-13-9-19-16(11-17(13)22)15(10-21(24)27-19)12-26-20(23)8-7-14-5-3-4-6-18(14)25-2/h3-11H,12H2,1-2H3/b8-7+. The summed E-state index contributed by atoms with van der Waals surface area (Å²) in [4.78, 5) is 23.8. The zero-order chi connectivity index (χ0) is 19.4. The van der Waals surface area contributed by atoms with E-state index in [1.165, 1.54) is 12.1 Å². The van der Waals surface area contributed by atoms with Gasteiger partial charge >= 0.3 is 11.6 Å². The van der Waals surface area contributed by atoms with Crippen LogP contribution in [0.2, 0.25) is 5.02 Å². The Bertz CT molecular complexity index is 1080. The number of hydrogen-bond donors (Lipinski definition) is 0. The number of rotatable bonds is 5. The van der Waals surface area contributed by atoms with Crippen molar-refractivity contribution in [2.24, 2.45) is 0 Å². The predicted molar refractivity (Wildman–Crippen MR) is 104 cm³/mol. The van der Waals surface area contributed by atoms with Gasteiger partial charge in [-0.1, -0.05) is 29.8 Å². The fourth-order valence-corrected chi connectivity index (χ4v) is 2.79. The van der Waals surface area contributed by atoms with E-state index in [2.05, 4.69) is 0 Å². The van der Waals surface area contributed by atoms with Gasteiger partial charge in [-0.3, -0.25) is 0 Å². The molecular weight excluding hydrogens is 368 g/mol. The molecule has 3 rings (SSSR count). The smallest absolute Gasteiger partial charge is 0.336 e. The number of hydrogen-bond acceptors (Lipinski definition) is 5. The van der Waals surface area contributed by atoms with Gasteiger partial charge in [0.05, 0.1) is 7.11 Å². The van der Waals surface area contributed by atoms with Gasteiger partial charge in [0, 0.05) is 33.7 Å². The molecule has 0 radical (unpaired) electrons. The van der Waals surface area contributed by atoms with E-state index in [-0.39, 0.29) is 6.61 Å². The number of aryl methyl sites for hydroxylation is 1. The molecule has 3 aromatic rings. The molecule has 1 heterocycles. The van der Waals surface area contributed by atoms with Crippen LogP contribution in [-0.2, 0) is 16.1 Å². The highest BCUT2D eigenvalue weighted by atomic mass is 35.5. The third-order valence-electron chi connectivity index (χ3n) is 4.02. The molecule has 0 spiro atoms. The van der Waals surface area contributed by atoms with Gasteiger partial charge in [0.2, 0.25) is 0 Å². The number of para-hydroxylation sites is 1. The minimum absolute atomic E-state index is 0.0728. The van der Waals surface area contributed by atoms with E-state index < -0.39 is 11.6 Å². The van der Waals surface area contributed by atoms with Gasteiger partial charge in [-0.05, 0) is 36.8 Å². The minimum Gasteiger partial charge on any atom is -0.496 e. The average Bonchev–Trinajstić information content (AvgIpc) is 2.66. The molecule has 5 nitrogen and oxygen atoms in total. The number of methoxy groups -OCH3 is 1. The van der Waals surface area contributed by atoms with Crippen molar-refractivity contribution in [3.8, 4) is 5.75 Å². The van der Waals surface area contributed by atoms with Gasteiger partial charge in [0.1, 0.15) is 17.9 Å². The number of fused-ring (bicyclic) bond motifs is 1. The monoisotopic (exact) mass is 384 g/mol. The minimum atomic E-state index is -0.541. The summed E-state index contributed by atoms with van der Waals surface area (Å²) in [6, 6.07) is 12.0. The molecule has 2 aromatic carbocycles. The Hall–Kier alpha value is -3.05. The van der Waals surface area contributed by atoms with Crippen molar-refractivity contribution in [2.45, 2.75) is 13.5 Å². The van der Waals surface area contributed by atoms with Crippen LogP contribution in [0.4, 0.5) is 0 Å². The second-order valence-corrected chi connectivity index (χ2v) is 6.28. The van der Waals surface area contributed by atoms with Crippen LogP contribution in [0.15, 0.2) is 57.8 Å². The first-order valence-corrected chi connectivity index (χ1v) is 8.56. The number of carbonyl (C=O) groups excluding carboxylic acids is 1. The zero-order valence-corrected chi connectivity index (χ0v) is 15.6. The molecule has 0 aliphatic heterocycles. The average molecular weight is 385 g/mol. The van der Waals surface area contributed by atoms with Crippen LogP contribution >= 0.6 is 11.6 Å². The van der Waals surface area contributed by atoms with Crippen LogP contribution in [0.25, 0.3) is 17.0 Å². The van der Waals surface area contributed by atoms with Crippen molar-refractivity contribution < 1.29 is 18.7 Å². The Morgan fingerprint density at radius 1 is 1.22 bits per heavy atom. The lowest BCUT2D eigenvalue weighted by Gasteiger charge is -2.08. The normalized spacial score (nSPS) is 11.1. The first kappa shape index (κ1) is 18.7. The summed E-state index contributed by atoms with van der Waals surface area (Å²) in [6.45, 7) is 1.74. The molecule has 1 aromatic heterocycles. The third kappa shape index (κ3) is 4.38. The molecule has 27 heavy (non-hydrogen) atoms. The second kappa shape index (κ2) is 8.10. The van der Waals surface area contributed by atoms with Crippen molar-refractivity contribution in [3.05, 3.63) is 80.7 Å². The highest BCUT2D eigenvalue weighted by Gasteiger charge is 2.10. The first-order valence-electron chi connectivity index (χ1n) is 8.18. The lowest BCUT2D eigenvalue weighted by molar-refractivity contribution is -0.138. The molecular formula is C21H17ClO5. The van der Waals surface area contributed by atoms with Gasteiger partial charge < -0.3 is 13.9 Å². The van der Waals surface area contributed by atoms with Gasteiger partial charge in [-0.15, -0.1) is 0 Å². The van der Waals surface area contributed by atoms with Crippen molar-refractivity contribution in [3.63, 3.8) is 0 Å². The Morgan fingerprint density at radius 2 is 2.00 bits per heavy atom. The first-order chi connectivity index (χ1) is 13.0. The molecule has 0 atom stereocenters. The summed E-state index contributed by atoms with van der Waals surface area (Å²) in [7, 11) is 1.56. The zero-order valence-electron chi connectivity index (χ0n) is 14.8. The summed E-state index contributed by atoms with van der Waals surface area (Å²) in [6.07, 6.45) is 2.92. The van der Waals surface area contributed by atoms with Crippen LogP contribution in [-0.4, -0.2) is 13.1 Å². The highest BCUT2D eigenvalue weighted by molar-refractivity contribution is 6.32. The van der Waals surface area contributed by atoms with Gasteiger partial charge in [0.15, 0.2) is 0 Å². The summed E-state index contributed by atoms with van der Waals surface area (Å²) in [5.41, 5.74) is 1.97. The SMILES string of the molecule is COc1ccccc1/C=C/C(=O)OCc1cc(=O)oc2cc(C)c(Cl)cc12. The fourth-order valence-electron chi connectivity index (χ4n) is 2.63. The lowest BCUT2D eigenvalue weighted by atomic mass is 10.1. The van der Waals surface area contributed by atoms with Crippen molar-refractivity contribution in [1.29, 1.82) is 0 Å². The number of benzene rings is 2. The third-order valence-corrected chi connectivity index (χ3v) is 4.42. The molecule has 0 saturated carbocycles. The lowest BCUT2D eigenvalue weighted by Crippen LogP contribution is -2.06. The van der Waals surface area contributed by atoms with Gasteiger partial charge in [-0.2, -0.15) is 0 Å². The van der Waals surface area contributed by atoms with E-state index in [4.69, 9.17) is 25.5 Å². The molecule has 0 bridgehead atoms. The Balaban J connectivity index is 1.78. The molecule has 6 heteroatoms. The quantitative estimate of drug-likeness (QED) is 0.367. The number of halogens is 1. The van der Waals surface area contributed by atoms with Gasteiger partial charge in [-0.25, -0.2) is 9.59 Å². The van der Waals surface area contributed by atoms with E-state index in [0.717, 1.165) is 11.1 Å². The van der Waals surface area contributed by atoms with Crippen LogP contribution in [0.1, 0.15) is 16.7 Å². The molecule has 0 aliphatic carbocycles. The van der Waals surface area contributed by atoms with E-state index in [1.54, 1.807) is 31.4 Å². The fraction of sp³-hybridized carbons (Fsp3) is 0.143. The summed E-state index contributed by atoms with van der Waals surface area (Å²) < 4.78 is 15.7. The molecule has 0 N–H and O–H groups in total. The van der Waals surface area contributed by atoms with Crippen molar-refractivity contribution in [2.75, 3.05) is 7.11 Å². The molecule has 0 aliphatic rings. The maximum atomic E-state index is 12.1. The van der Waals surface area contributed by atoms with E-state index in [9.17, 15) is 9.59 Å². The Labute approximate surface area is 160 Å². The van der Waals surface area contributed by atoms with E-state index >= 15 is 0 Å². The molecule has 0 unspecified atom stereocenters. The van der Waals surface area contributed by atoms with Crippen LogP contribution < -0.4 is 10.4 Å². The van der Waals surface area contributed by atoms with Crippen molar-refractivity contribution in [1.82, 2.24) is 0 Å². The predicted octanol–water partition coefficient (Wildman–Crippen LogP) is 4.52. The molecule has 138 valence electrons. The molecule has 0 saturated heterocycles. The summed E-state index contributed by atoms with van der Waals surface area (Å²) >= 11 is 6.16. The Kier molecular flexibility index (Phi) is 5.62. The van der Waals surface area contributed by atoms with Crippen molar-refractivity contribution >= 4 is 34.6 Å². The number of ether oxygens (including phenoxy) is 2. The topological polar surface area (TPSA) is 65.7 Å². The number of carbonyl (C=O) groups is 1. The highest BCUT2D eigenvalue weighted by Crippen LogP contribution is 2.25. The largest absolute Gasteiger partial charge is 0.496 e. The summed E-state index contributed by atoms with van der Waals surface area (Å²) in [5.74, 6) is 0.110. The second-order valence-electron chi connectivity index (χ2n) is 5.87. The maximum absolute atomic E-state index is 12.1. The van der Waals surface area contributed by atoms with E-state index in [0.29, 0.717) is 27.3 Å². The van der Waals surface area contributed by atoms with E-state index in [1.807, 2.05) is 25.1 Å². The molecule has 0 amide bonds. The van der Waals surface area contributed by atoms with Crippen LogP contribution in [0, 0.1) is 6.92 Å². The molecule has 0 fully saturated rings. The Morgan fingerprint density at radius 3 is 2.78 bits per heavy atom. The van der Waals surface area contributed by atoms with Crippen LogP contribution in [0.3, 0.4) is 0 Å². The maximum Gasteiger partial charge on any atom is 0.336 e. The van der Waals surface area contributed by atoms with Gasteiger partial charge in [0.25, 0.3) is 0 Å². The summed E-state index contributed by atoms with van der Waals surface area (Å²) in [5, 5.41) is 1.17.